The highest BCUT2D eigenvalue weighted by Crippen LogP contribution is 2.49. The summed E-state index contributed by atoms with van der Waals surface area (Å²) in [6.45, 7) is 5.10. The maximum Gasteiger partial charge on any atom is 0.309 e. The summed E-state index contributed by atoms with van der Waals surface area (Å²) < 4.78 is 24.6. The Balaban J connectivity index is 1.51. The van der Waals surface area contributed by atoms with Gasteiger partial charge in [0.1, 0.15) is 17.6 Å². The molecule has 0 spiro atoms. The quantitative estimate of drug-likeness (QED) is 0.405. The largest absolute Gasteiger partial charge is 0.496 e. The van der Waals surface area contributed by atoms with Crippen LogP contribution in [0.25, 0.3) is 0 Å². The van der Waals surface area contributed by atoms with Gasteiger partial charge in [0, 0.05) is 25.1 Å². The minimum atomic E-state index is -0.831. The van der Waals surface area contributed by atoms with Gasteiger partial charge >= 0.3 is 5.97 Å². The van der Waals surface area contributed by atoms with Crippen molar-refractivity contribution in [3.63, 3.8) is 0 Å². The van der Waals surface area contributed by atoms with E-state index in [1.807, 2.05) is 0 Å². The summed E-state index contributed by atoms with van der Waals surface area (Å²) in [5.41, 5.74) is -0.401. The van der Waals surface area contributed by atoms with Crippen molar-refractivity contribution in [2.45, 2.75) is 70.4 Å². The first-order chi connectivity index (χ1) is 18.6. The normalized spacial score (nSPS) is 29.2. The fraction of sp³-hybridized carbons (Fsp3) is 0.586. The van der Waals surface area contributed by atoms with E-state index < -0.39 is 29.0 Å². The van der Waals surface area contributed by atoms with Crippen molar-refractivity contribution in [2.75, 3.05) is 13.7 Å². The van der Waals surface area contributed by atoms with Crippen molar-refractivity contribution in [2.24, 2.45) is 23.2 Å². The monoisotopic (exact) mass is 541 g/mol. The highest BCUT2D eigenvalue weighted by molar-refractivity contribution is 5.98. The molecular weight excluding hydrogens is 505 g/mol. The molecule has 0 saturated heterocycles. The molecule has 2 bridgehead atoms. The third-order valence-electron chi connectivity index (χ3n) is 8.73. The number of nitriles is 1. The number of carbonyl (C=O) groups excluding carboxylic acids is 2. The number of carboxylic acids is 1. The van der Waals surface area contributed by atoms with Crippen LogP contribution >= 0.6 is 0 Å². The molecule has 0 aromatic heterocycles. The number of hydrogen-bond donors (Lipinski definition) is 3. The molecule has 3 fully saturated rings. The molecule has 0 radical (unpaired) electrons. The number of rotatable bonds is 10. The Morgan fingerprint density at radius 3 is 2.49 bits per heavy atom. The summed E-state index contributed by atoms with van der Waals surface area (Å²) in [5, 5.41) is 25.0. The first-order valence-corrected chi connectivity index (χ1v) is 13.5. The first kappa shape index (κ1) is 28.4. The van der Waals surface area contributed by atoms with E-state index in [9.17, 15) is 29.1 Å². The Labute approximate surface area is 227 Å². The predicted octanol–water partition coefficient (Wildman–Crippen LogP) is 4.11. The van der Waals surface area contributed by atoms with E-state index >= 15 is 0 Å². The molecule has 0 aliphatic heterocycles. The lowest BCUT2D eigenvalue weighted by atomic mass is 9.75. The van der Waals surface area contributed by atoms with E-state index in [2.05, 4.69) is 23.3 Å². The van der Waals surface area contributed by atoms with Gasteiger partial charge in [0.05, 0.1) is 41.5 Å². The van der Waals surface area contributed by atoms with E-state index in [-0.39, 0.29) is 65.5 Å². The van der Waals surface area contributed by atoms with Gasteiger partial charge in [-0.2, -0.15) is 5.26 Å². The van der Waals surface area contributed by atoms with Crippen molar-refractivity contribution in [3.8, 4) is 17.6 Å². The highest BCUT2D eigenvalue weighted by atomic mass is 19.1. The second kappa shape index (κ2) is 11.6. The zero-order chi connectivity index (χ0) is 28.3. The smallest absolute Gasteiger partial charge is 0.309 e. The summed E-state index contributed by atoms with van der Waals surface area (Å²) in [6, 6.07) is 4.67. The molecule has 3 N–H and O–H groups in total. The average Bonchev–Trinajstić information content (AvgIpc) is 3.51. The van der Waals surface area contributed by atoms with Crippen molar-refractivity contribution in [1.29, 1.82) is 5.26 Å². The zero-order valence-electron chi connectivity index (χ0n) is 22.4. The number of nitrogens with one attached hydrogen (secondary N) is 2. The fourth-order valence-electron chi connectivity index (χ4n) is 6.38. The second-order valence-electron chi connectivity index (χ2n) is 11.3. The van der Waals surface area contributed by atoms with Crippen LogP contribution in [-0.4, -0.2) is 48.7 Å². The summed E-state index contributed by atoms with van der Waals surface area (Å²) in [5.74, 6) is -1.61. The number of nitrogens with zero attached hydrogens (tertiary/aromatic N) is 1. The maximum absolute atomic E-state index is 13.5. The number of carbonyl (C=O) groups is 3. The molecule has 1 aromatic carbocycles. The average molecular weight is 542 g/mol. The van der Waals surface area contributed by atoms with Gasteiger partial charge in [0.25, 0.3) is 5.91 Å². The van der Waals surface area contributed by atoms with Crippen LogP contribution in [-0.2, 0) is 9.59 Å². The molecule has 10 heteroatoms. The molecule has 3 aliphatic rings. The van der Waals surface area contributed by atoms with Crippen LogP contribution in [0.4, 0.5) is 4.39 Å². The molecule has 2 amide bonds. The van der Waals surface area contributed by atoms with Crippen molar-refractivity contribution < 1.29 is 33.4 Å². The lowest BCUT2D eigenvalue weighted by Gasteiger charge is -2.34. The van der Waals surface area contributed by atoms with Gasteiger partial charge in [-0.1, -0.05) is 6.58 Å². The lowest BCUT2D eigenvalue weighted by molar-refractivity contribution is -0.150. The summed E-state index contributed by atoms with van der Waals surface area (Å²) in [7, 11) is 1.41. The van der Waals surface area contributed by atoms with E-state index in [1.165, 1.54) is 19.2 Å². The third kappa shape index (κ3) is 6.02. The molecule has 4 rings (SSSR count). The van der Waals surface area contributed by atoms with Crippen LogP contribution in [0.1, 0.15) is 74.2 Å². The van der Waals surface area contributed by atoms with Gasteiger partial charge in [-0.15, -0.1) is 0 Å². The maximum atomic E-state index is 13.5. The van der Waals surface area contributed by atoms with Crippen molar-refractivity contribution in [3.05, 3.63) is 35.7 Å². The summed E-state index contributed by atoms with van der Waals surface area (Å²) >= 11 is 0. The van der Waals surface area contributed by atoms with Gasteiger partial charge in [0.2, 0.25) is 5.91 Å². The standard InChI is InChI=1S/C29H36FN3O6/c1-16(30)8-11-32-27(35)24-17-4-5-18(12-17)25(24)33-26(34)21-14-22(19(15-31)13-23(21)38-3)39-20-6-9-29(2,10-7-20)28(36)37/h13-14,17-18,20,24-25H,1,4-12H2,2-3H3,(H,32,35)(H,33,34)(H,36,37)/t17-,18+,20-,24-,25?,29+/m0/s1. The molecule has 210 valence electrons. The molecule has 3 saturated carbocycles. The number of amides is 2. The van der Waals surface area contributed by atoms with Gasteiger partial charge in [-0.25, -0.2) is 4.39 Å². The van der Waals surface area contributed by atoms with Gasteiger partial charge in [-0.3, -0.25) is 14.4 Å². The molecular formula is C29H36FN3O6. The van der Waals surface area contributed by atoms with E-state index in [0.29, 0.717) is 25.7 Å². The number of halogens is 1. The van der Waals surface area contributed by atoms with Crippen LogP contribution in [0.2, 0.25) is 0 Å². The SMILES string of the molecule is C=C(F)CCNC(=O)[C@@H]1C(NC(=O)c2cc(O[C@H]3CC[C@@](C)(C(=O)O)CC3)c(C#N)cc2OC)[C@@H]2CC[C@H]1C2. The van der Waals surface area contributed by atoms with Crippen molar-refractivity contribution in [1.82, 2.24) is 10.6 Å². The number of fused-ring (bicyclic) bond motifs is 2. The Bertz CT molecular complexity index is 1190. The molecule has 9 nitrogen and oxygen atoms in total. The number of aliphatic carboxylic acids is 1. The van der Waals surface area contributed by atoms with Crippen LogP contribution in [0.15, 0.2) is 24.5 Å². The minimum Gasteiger partial charge on any atom is -0.496 e. The topological polar surface area (TPSA) is 138 Å². The van der Waals surface area contributed by atoms with E-state index in [1.54, 1.807) is 6.92 Å². The predicted molar refractivity (Wildman–Crippen MR) is 140 cm³/mol. The molecule has 4 atom stereocenters. The third-order valence-corrected chi connectivity index (χ3v) is 8.73. The van der Waals surface area contributed by atoms with Gasteiger partial charge < -0.3 is 25.2 Å². The van der Waals surface area contributed by atoms with Gasteiger partial charge in [0.15, 0.2) is 0 Å². The fourth-order valence-corrected chi connectivity index (χ4v) is 6.38. The Hall–Kier alpha value is -3.61. The number of carboxylic acid groups (broad SMARTS) is 1. The lowest BCUT2D eigenvalue weighted by Crippen LogP contribution is -2.50. The van der Waals surface area contributed by atoms with Gasteiger partial charge in [-0.05, 0) is 69.8 Å². The van der Waals surface area contributed by atoms with Crippen LogP contribution < -0.4 is 20.1 Å². The van der Waals surface area contributed by atoms with Crippen LogP contribution in [0.3, 0.4) is 0 Å². The number of methoxy groups -OCH3 is 1. The highest BCUT2D eigenvalue weighted by Gasteiger charge is 2.51. The Morgan fingerprint density at radius 2 is 1.87 bits per heavy atom. The van der Waals surface area contributed by atoms with Crippen LogP contribution in [0, 0.1) is 34.5 Å². The second-order valence-corrected chi connectivity index (χ2v) is 11.3. The van der Waals surface area contributed by atoms with E-state index in [0.717, 1.165) is 19.3 Å². The number of ether oxygens (including phenoxy) is 2. The number of benzene rings is 1. The van der Waals surface area contributed by atoms with Crippen LogP contribution in [0.5, 0.6) is 11.5 Å². The Kier molecular flexibility index (Phi) is 8.48. The molecule has 1 unspecified atom stereocenters. The first-order valence-electron chi connectivity index (χ1n) is 13.5. The minimum absolute atomic E-state index is 0.0470. The van der Waals surface area contributed by atoms with E-state index in [4.69, 9.17) is 9.47 Å². The number of hydrogen-bond acceptors (Lipinski definition) is 6. The molecule has 39 heavy (non-hydrogen) atoms. The van der Waals surface area contributed by atoms with Crippen molar-refractivity contribution >= 4 is 17.8 Å². The zero-order valence-corrected chi connectivity index (χ0v) is 22.4. The summed E-state index contributed by atoms with van der Waals surface area (Å²) in [4.78, 5) is 38.1. The molecule has 0 heterocycles. The molecule has 1 aromatic rings. The molecule has 3 aliphatic carbocycles. The summed E-state index contributed by atoms with van der Waals surface area (Å²) in [6.07, 6.45) is 4.35. The Morgan fingerprint density at radius 1 is 1.18 bits per heavy atom.